The first kappa shape index (κ1) is 13.7. The highest BCUT2D eigenvalue weighted by Gasteiger charge is 2.11. The van der Waals surface area contributed by atoms with Gasteiger partial charge in [-0.2, -0.15) is 0 Å². The fourth-order valence-electron chi connectivity index (χ4n) is 1.95. The van der Waals surface area contributed by atoms with Crippen molar-refractivity contribution in [3.05, 3.63) is 54.0 Å². The van der Waals surface area contributed by atoms with Crippen molar-refractivity contribution in [1.82, 2.24) is 5.32 Å². The van der Waals surface area contributed by atoms with Gasteiger partial charge in [-0.25, -0.2) is 0 Å². The van der Waals surface area contributed by atoms with Crippen LogP contribution in [0.15, 0.2) is 47.1 Å². The Balaban J connectivity index is 1.78. The summed E-state index contributed by atoms with van der Waals surface area (Å²) in [5.74, 6) is 1.85. The molecule has 3 nitrogen and oxygen atoms in total. The lowest BCUT2D eigenvalue weighted by atomic mass is 10.2. The molecule has 0 aliphatic rings. The molecule has 0 bridgehead atoms. The number of furan rings is 1. The second-order valence-corrected chi connectivity index (χ2v) is 4.93. The number of aryl methyl sites for hydroxylation is 1. The van der Waals surface area contributed by atoms with Crippen molar-refractivity contribution >= 4 is 0 Å². The monoisotopic (exact) mass is 259 g/mol. The standard InChI is InChI=1S/C16H21NO2/c1-12-6-8-15(9-7-12)19-11-13(2)17-14(3)16-5-4-10-18-16/h4-10,13-14,17H,11H2,1-3H3. The van der Waals surface area contributed by atoms with Crippen LogP contribution >= 0.6 is 0 Å². The molecule has 0 radical (unpaired) electrons. The van der Waals surface area contributed by atoms with Crippen molar-refractivity contribution in [3.8, 4) is 5.75 Å². The lowest BCUT2D eigenvalue weighted by Gasteiger charge is -2.19. The van der Waals surface area contributed by atoms with E-state index in [9.17, 15) is 0 Å². The van der Waals surface area contributed by atoms with Crippen molar-refractivity contribution in [2.45, 2.75) is 32.9 Å². The fourth-order valence-corrected chi connectivity index (χ4v) is 1.95. The van der Waals surface area contributed by atoms with Gasteiger partial charge in [0.05, 0.1) is 12.3 Å². The van der Waals surface area contributed by atoms with Crippen LogP contribution in [0.2, 0.25) is 0 Å². The minimum atomic E-state index is 0.187. The Morgan fingerprint density at radius 3 is 2.53 bits per heavy atom. The van der Waals surface area contributed by atoms with E-state index in [-0.39, 0.29) is 12.1 Å². The Bertz CT molecular complexity index is 476. The first-order valence-electron chi connectivity index (χ1n) is 6.64. The van der Waals surface area contributed by atoms with Gasteiger partial charge >= 0.3 is 0 Å². The topological polar surface area (TPSA) is 34.4 Å². The number of nitrogens with one attached hydrogen (secondary N) is 1. The highest BCUT2D eigenvalue weighted by atomic mass is 16.5. The summed E-state index contributed by atoms with van der Waals surface area (Å²) in [5, 5.41) is 3.45. The van der Waals surface area contributed by atoms with Crippen molar-refractivity contribution in [3.63, 3.8) is 0 Å². The summed E-state index contributed by atoms with van der Waals surface area (Å²) in [5.41, 5.74) is 1.24. The van der Waals surface area contributed by atoms with Crippen molar-refractivity contribution < 1.29 is 9.15 Å². The summed E-state index contributed by atoms with van der Waals surface area (Å²) in [6, 6.07) is 12.4. The van der Waals surface area contributed by atoms with E-state index in [1.165, 1.54) is 5.56 Å². The molecule has 0 fully saturated rings. The second-order valence-electron chi connectivity index (χ2n) is 4.93. The molecule has 0 aliphatic heterocycles. The number of benzene rings is 1. The number of rotatable bonds is 6. The minimum absolute atomic E-state index is 0.187. The van der Waals surface area contributed by atoms with Crippen LogP contribution in [-0.4, -0.2) is 12.6 Å². The molecule has 1 aromatic carbocycles. The van der Waals surface area contributed by atoms with Crippen LogP contribution in [-0.2, 0) is 0 Å². The summed E-state index contributed by atoms with van der Waals surface area (Å²) >= 11 is 0. The van der Waals surface area contributed by atoms with E-state index in [1.54, 1.807) is 6.26 Å². The van der Waals surface area contributed by atoms with Crippen LogP contribution in [0, 0.1) is 6.92 Å². The average Bonchev–Trinajstić information content (AvgIpc) is 2.92. The van der Waals surface area contributed by atoms with Gasteiger partial charge in [0.15, 0.2) is 0 Å². The van der Waals surface area contributed by atoms with Crippen LogP contribution in [0.4, 0.5) is 0 Å². The largest absolute Gasteiger partial charge is 0.492 e. The van der Waals surface area contributed by atoms with Gasteiger partial charge in [0.2, 0.25) is 0 Å². The van der Waals surface area contributed by atoms with E-state index in [0.717, 1.165) is 11.5 Å². The highest BCUT2D eigenvalue weighted by molar-refractivity contribution is 5.26. The molecule has 0 aliphatic carbocycles. The maximum absolute atomic E-state index is 5.75. The summed E-state index contributed by atoms with van der Waals surface area (Å²) in [7, 11) is 0. The first-order chi connectivity index (χ1) is 9.15. The van der Waals surface area contributed by atoms with E-state index in [4.69, 9.17) is 9.15 Å². The van der Waals surface area contributed by atoms with Crippen molar-refractivity contribution in [2.24, 2.45) is 0 Å². The predicted molar refractivity (Wildman–Crippen MR) is 76.4 cm³/mol. The second kappa shape index (κ2) is 6.43. The quantitative estimate of drug-likeness (QED) is 0.858. The van der Waals surface area contributed by atoms with Gasteiger partial charge in [0, 0.05) is 6.04 Å². The van der Waals surface area contributed by atoms with Gasteiger partial charge in [0.25, 0.3) is 0 Å². The molecular weight excluding hydrogens is 238 g/mol. The molecule has 3 heteroatoms. The molecule has 2 atom stereocenters. The fraction of sp³-hybridized carbons (Fsp3) is 0.375. The van der Waals surface area contributed by atoms with Gasteiger partial charge in [-0.1, -0.05) is 17.7 Å². The van der Waals surface area contributed by atoms with E-state index in [2.05, 4.69) is 38.2 Å². The summed E-state index contributed by atoms with van der Waals surface area (Å²) in [6.45, 7) is 6.89. The Hall–Kier alpha value is -1.74. The molecule has 0 spiro atoms. The van der Waals surface area contributed by atoms with E-state index in [0.29, 0.717) is 6.61 Å². The third kappa shape index (κ3) is 4.14. The van der Waals surface area contributed by atoms with E-state index < -0.39 is 0 Å². The summed E-state index contributed by atoms with van der Waals surface area (Å²) in [6.07, 6.45) is 1.70. The van der Waals surface area contributed by atoms with Gasteiger partial charge < -0.3 is 14.5 Å². The van der Waals surface area contributed by atoms with Crippen molar-refractivity contribution in [1.29, 1.82) is 0 Å². The van der Waals surface area contributed by atoms with Gasteiger partial charge in [-0.05, 0) is 45.0 Å². The summed E-state index contributed by atoms with van der Waals surface area (Å²) in [4.78, 5) is 0. The lowest BCUT2D eigenvalue weighted by Crippen LogP contribution is -2.33. The van der Waals surface area contributed by atoms with Gasteiger partial charge in [-0.15, -0.1) is 0 Å². The van der Waals surface area contributed by atoms with E-state index in [1.807, 2.05) is 24.3 Å². The van der Waals surface area contributed by atoms with E-state index >= 15 is 0 Å². The highest BCUT2D eigenvalue weighted by Crippen LogP contribution is 2.14. The molecule has 1 heterocycles. The SMILES string of the molecule is Cc1ccc(OCC(C)NC(C)c2ccco2)cc1. The Labute approximate surface area is 114 Å². The lowest BCUT2D eigenvalue weighted by molar-refractivity contribution is 0.258. The first-order valence-corrected chi connectivity index (χ1v) is 6.64. The predicted octanol–water partition coefficient (Wildman–Crippen LogP) is 3.71. The molecule has 2 aromatic rings. The van der Waals surface area contributed by atoms with Crippen LogP contribution in [0.3, 0.4) is 0 Å². The number of ether oxygens (including phenoxy) is 1. The minimum Gasteiger partial charge on any atom is -0.492 e. The number of hydrogen-bond donors (Lipinski definition) is 1. The Morgan fingerprint density at radius 1 is 1.16 bits per heavy atom. The summed E-state index contributed by atoms with van der Waals surface area (Å²) < 4.78 is 11.1. The smallest absolute Gasteiger partial charge is 0.120 e. The Morgan fingerprint density at radius 2 is 1.89 bits per heavy atom. The molecule has 0 saturated carbocycles. The normalized spacial score (nSPS) is 14.1. The zero-order valence-corrected chi connectivity index (χ0v) is 11.7. The maximum atomic E-state index is 5.75. The van der Waals surface area contributed by atoms with Crippen LogP contribution in [0.1, 0.15) is 31.2 Å². The molecular formula is C16H21NO2. The average molecular weight is 259 g/mol. The van der Waals surface area contributed by atoms with Crippen LogP contribution in [0.5, 0.6) is 5.75 Å². The maximum Gasteiger partial charge on any atom is 0.120 e. The van der Waals surface area contributed by atoms with Gasteiger partial charge in [0.1, 0.15) is 18.1 Å². The molecule has 2 rings (SSSR count). The van der Waals surface area contributed by atoms with Gasteiger partial charge in [-0.3, -0.25) is 0 Å². The zero-order chi connectivity index (χ0) is 13.7. The molecule has 2 unspecified atom stereocenters. The molecule has 1 N–H and O–H groups in total. The molecule has 1 aromatic heterocycles. The van der Waals surface area contributed by atoms with Crippen molar-refractivity contribution in [2.75, 3.05) is 6.61 Å². The Kier molecular flexibility index (Phi) is 4.63. The molecule has 19 heavy (non-hydrogen) atoms. The molecule has 102 valence electrons. The van der Waals surface area contributed by atoms with Crippen LogP contribution < -0.4 is 10.1 Å². The third-order valence-electron chi connectivity index (χ3n) is 3.03. The zero-order valence-electron chi connectivity index (χ0n) is 11.7. The third-order valence-corrected chi connectivity index (χ3v) is 3.03. The van der Waals surface area contributed by atoms with Crippen LogP contribution in [0.25, 0.3) is 0 Å². The molecule has 0 saturated heterocycles. The number of hydrogen-bond acceptors (Lipinski definition) is 3. The molecule has 0 amide bonds.